The first-order chi connectivity index (χ1) is 13.5. The first kappa shape index (κ1) is 19.2. The molecule has 0 aromatic heterocycles. The number of carbonyl (C=O) groups excluding carboxylic acids is 2. The van der Waals surface area contributed by atoms with E-state index >= 15 is 0 Å². The molecule has 0 atom stereocenters. The van der Waals surface area contributed by atoms with Gasteiger partial charge in [-0.3, -0.25) is 9.59 Å². The Bertz CT molecular complexity index is 1030. The quantitative estimate of drug-likeness (QED) is 0.443. The third-order valence-corrected chi connectivity index (χ3v) is 4.23. The van der Waals surface area contributed by atoms with Crippen LogP contribution in [-0.4, -0.2) is 16.9 Å². The number of amides is 2. The van der Waals surface area contributed by atoms with Crippen molar-refractivity contribution in [2.45, 2.75) is 0 Å². The number of benzene rings is 3. The summed E-state index contributed by atoms with van der Waals surface area (Å²) >= 11 is 6.18. The number of carbonyl (C=O) groups is 2. The van der Waals surface area contributed by atoms with Crippen LogP contribution in [0, 0.1) is 0 Å². The molecule has 0 radical (unpaired) electrons. The molecule has 0 unspecified atom stereocenters. The molecule has 28 heavy (non-hydrogen) atoms. The first-order valence-corrected chi connectivity index (χ1v) is 8.84. The van der Waals surface area contributed by atoms with E-state index in [9.17, 15) is 14.7 Å². The molecule has 3 N–H and O–H groups in total. The standard InChI is InChI=1S/C22H17ClN2O3/c23-17-11-5-4-10-16(17)14-19(25-21(27)15-8-2-1-3-9-15)22(28)24-18-12-6-7-13-20(18)26/h1-14,26H,(H,24,28)(H,25,27). The maximum atomic E-state index is 12.8. The van der Waals surface area contributed by atoms with E-state index in [1.165, 1.54) is 12.1 Å². The molecule has 0 heterocycles. The third kappa shape index (κ3) is 4.78. The Morgan fingerprint density at radius 1 is 0.857 bits per heavy atom. The van der Waals surface area contributed by atoms with Crippen molar-refractivity contribution >= 4 is 35.2 Å². The Kier molecular flexibility index (Phi) is 6.09. The van der Waals surface area contributed by atoms with Gasteiger partial charge in [-0.2, -0.15) is 0 Å². The second kappa shape index (κ2) is 8.88. The lowest BCUT2D eigenvalue weighted by molar-refractivity contribution is -0.113. The van der Waals surface area contributed by atoms with E-state index in [4.69, 9.17) is 11.6 Å². The maximum Gasteiger partial charge on any atom is 0.272 e. The van der Waals surface area contributed by atoms with E-state index in [2.05, 4.69) is 10.6 Å². The number of halogens is 1. The number of hydrogen-bond acceptors (Lipinski definition) is 3. The highest BCUT2D eigenvalue weighted by atomic mass is 35.5. The highest BCUT2D eigenvalue weighted by molar-refractivity contribution is 6.32. The zero-order valence-corrected chi connectivity index (χ0v) is 15.5. The van der Waals surface area contributed by atoms with Gasteiger partial charge >= 0.3 is 0 Å². The van der Waals surface area contributed by atoms with E-state index in [1.54, 1.807) is 72.8 Å². The molecule has 6 heteroatoms. The molecular weight excluding hydrogens is 376 g/mol. The maximum absolute atomic E-state index is 12.8. The van der Waals surface area contributed by atoms with Gasteiger partial charge < -0.3 is 15.7 Å². The number of nitrogens with one attached hydrogen (secondary N) is 2. The highest BCUT2D eigenvalue weighted by Gasteiger charge is 2.16. The van der Waals surface area contributed by atoms with Crippen LogP contribution >= 0.6 is 11.6 Å². The second-order valence-electron chi connectivity index (χ2n) is 5.87. The van der Waals surface area contributed by atoms with E-state index < -0.39 is 11.8 Å². The Labute approximate surface area is 167 Å². The lowest BCUT2D eigenvalue weighted by Crippen LogP contribution is -2.30. The fourth-order valence-electron chi connectivity index (χ4n) is 2.46. The van der Waals surface area contributed by atoms with E-state index in [0.717, 1.165) is 0 Å². The number of anilines is 1. The van der Waals surface area contributed by atoms with E-state index in [0.29, 0.717) is 16.1 Å². The molecule has 5 nitrogen and oxygen atoms in total. The Morgan fingerprint density at radius 2 is 1.50 bits per heavy atom. The molecule has 0 aliphatic heterocycles. The van der Waals surface area contributed by atoms with Gasteiger partial charge in [-0.05, 0) is 42.0 Å². The van der Waals surface area contributed by atoms with Gasteiger partial charge in [0.05, 0.1) is 5.69 Å². The average Bonchev–Trinajstić information content (AvgIpc) is 2.71. The SMILES string of the molecule is O=C(Nc1ccccc1O)C(=Cc1ccccc1Cl)NC(=O)c1ccccc1. The van der Waals surface area contributed by atoms with E-state index in [-0.39, 0.29) is 17.1 Å². The minimum atomic E-state index is -0.592. The van der Waals surface area contributed by atoms with Crippen LogP contribution in [0.15, 0.2) is 84.6 Å². The van der Waals surface area contributed by atoms with Crippen LogP contribution in [0.3, 0.4) is 0 Å². The monoisotopic (exact) mass is 392 g/mol. The van der Waals surface area contributed by atoms with Crippen LogP contribution in [0.4, 0.5) is 5.69 Å². The zero-order valence-electron chi connectivity index (χ0n) is 14.7. The smallest absolute Gasteiger partial charge is 0.272 e. The van der Waals surface area contributed by atoms with Gasteiger partial charge in [0.1, 0.15) is 11.4 Å². The van der Waals surface area contributed by atoms with Gasteiger partial charge in [0, 0.05) is 10.6 Å². The van der Waals surface area contributed by atoms with Crippen LogP contribution < -0.4 is 10.6 Å². The predicted octanol–water partition coefficient (Wildman–Crippen LogP) is 4.46. The van der Waals surface area contributed by atoms with Gasteiger partial charge in [-0.25, -0.2) is 0 Å². The highest BCUT2D eigenvalue weighted by Crippen LogP contribution is 2.23. The molecule has 3 aromatic rings. The van der Waals surface area contributed by atoms with Crippen molar-refractivity contribution in [1.82, 2.24) is 5.32 Å². The molecule has 2 amide bonds. The number of para-hydroxylation sites is 2. The van der Waals surface area contributed by atoms with Crippen molar-refractivity contribution < 1.29 is 14.7 Å². The van der Waals surface area contributed by atoms with Crippen molar-refractivity contribution in [2.24, 2.45) is 0 Å². The van der Waals surface area contributed by atoms with Crippen molar-refractivity contribution in [3.8, 4) is 5.75 Å². The summed E-state index contributed by atoms with van der Waals surface area (Å²) in [5.74, 6) is -1.11. The molecular formula is C22H17ClN2O3. The summed E-state index contributed by atoms with van der Waals surface area (Å²) < 4.78 is 0. The van der Waals surface area contributed by atoms with Gasteiger partial charge in [-0.15, -0.1) is 0 Å². The van der Waals surface area contributed by atoms with E-state index in [1.807, 2.05) is 0 Å². The zero-order chi connectivity index (χ0) is 19.9. The normalized spacial score (nSPS) is 11.0. The van der Waals surface area contributed by atoms with Crippen LogP contribution in [0.2, 0.25) is 5.02 Å². The summed E-state index contributed by atoms with van der Waals surface area (Å²) in [7, 11) is 0. The van der Waals surface area contributed by atoms with Crippen LogP contribution in [0.25, 0.3) is 6.08 Å². The van der Waals surface area contributed by atoms with Crippen LogP contribution in [0.5, 0.6) is 5.75 Å². The molecule has 3 aromatic carbocycles. The van der Waals surface area contributed by atoms with Crippen molar-refractivity contribution in [3.05, 3.63) is 101 Å². The van der Waals surface area contributed by atoms with Gasteiger partial charge in [-0.1, -0.05) is 60.1 Å². The van der Waals surface area contributed by atoms with Crippen LogP contribution in [0.1, 0.15) is 15.9 Å². The molecule has 140 valence electrons. The Morgan fingerprint density at radius 3 is 2.21 bits per heavy atom. The number of rotatable bonds is 5. The minimum Gasteiger partial charge on any atom is -0.506 e. The molecule has 0 saturated carbocycles. The summed E-state index contributed by atoms with van der Waals surface area (Å²) in [5.41, 5.74) is 1.19. The lowest BCUT2D eigenvalue weighted by atomic mass is 10.1. The topological polar surface area (TPSA) is 78.4 Å². The summed E-state index contributed by atoms with van der Waals surface area (Å²) in [5, 5.41) is 15.5. The Balaban J connectivity index is 1.92. The van der Waals surface area contributed by atoms with Crippen molar-refractivity contribution in [2.75, 3.05) is 5.32 Å². The fourth-order valence-corrected chi connectivity index (χ4v) is 2.65. The summed E-state index contributed by atoms with van der Waals surface area (Å²) in [6.07, 6.45) is 1.48. The van der Waals surface area contributed by atoms with Crippen molar-refractivity contribution in [3.63, 3.8) is 0 Å². The number of hydrogen-bond donors (Lipinski definition) is 3. The summed E-state index contributed by atoms with van der Waals surface area (Å²) in [6.45, 7) is 0. The minimum absolute atomic E-state index is 0.00907. The molecule has 0 spiro atoms. The number of aromatic hydroxyl groups is 1. The lowest BCUT2D eigenvalue weighted by Gasteiger charge is -2.12. The molecule has 0 saturated heterocycles. The molecule has 0 aliphatic carbocycles. The van der Waals surface area contributed by atoms with Gasteiger partial charge in [0.2, 0.25) is 0 Å². The molecule has 0 fully saturated rings. The molecule has 0 bridgehead atoms. The van der Waals surface area contributed by atoms with Crippen molar-refractivity contribution in [1.29, 1.82) is 0 Å². The summed E-state index contributed by atoms with van der Waals surface area (Å²) in [4.78, 5) is 25.3. The number of phenolic OH excluding ortho intramolecular Hbond substituents is 1. The summed E-state index contributed by atoms with van der Waals surface area (Å²) in [6, 6.07) is 21.8. The van der Waals surface area contributed by atoms with Gasteiger partial charge in [0.15, 0.2) is 0 Å². The predicted molar refractivity (Wildman–Crippen MR) is 110 cm³/mol. The second-order valence-corrected chi connectivity index (χ2v) is 6.28. The largest absolute Gasteiger partial charge is 0.506 e. The third-order valence-electron chi connectivity index (χ3n) is 3.89. The number of phenols is 1. The fraction of sp³-hybridized carbons (Fsp3) is 0. The Hall–Kier alpha value is -3.57. The molecule has 0 aliphatic rings. The van der Waals surface area contributed by atoms with Gasteiger partial charge in [0.25, 0.3) is 11.8 Å². The molecule has 3 rings (SSSR count). The first-order valence-electron chi connectivity index (χ1n) is 8.46. The average molecular weight is 393 g/mol. The van der Waals surface area contributed by atoms with Crippen LogP contribution in [-0.2, 0) is 4.79 Å².